The lowest BCUT2D eigenvalue weighted by molar-refractivity contribution is -0.120. The van der Waals surface area contributed by atoms with E-state index in [0.717, 1.165) is 34.1 Å². The summed E-state index contributed by atoms with van der Waals surface area (Å²) in [4.78, 5) is 15.1. The third-order valence-corrected chi connectivity index (χ3v) is 7.85. The van der Waals surface area contributed by atoms with Crippen molar-refractivity contribution in [2.45, 2.75) is 43.3 Å². The van der Waals surface area contributed by atoms with Crippen molar-refractivity contribution in [2.24, 2.45) is 0 Å². The second-order valence-electron chi connectivity index (χ2n) is 7.16. The van der Waals surface area contributed by atoms with Gasteiger partial charge in [-0.2, -0.15) is 0 Å². The van der Waals surface area contributed by atoms with E-state index in [1.54, 1.807) is 17.0 Å². The Kier molecular flexibility index (Phi) is 5.01. The van der Waals surface area contributed by atoms with Crippen molar-refractivity contribution < 1.29 is 13.2 Å². The van der Waals surface area contributed by atoms with Crippen molar-refractivity contribution in [3.63, 3.8) is 0 Å². The maximum atomic E-state index is 13.3. The standard InChI is InChI=1S/C20H22BrNO3S/c1-14-6-11-18-15(13-14)5-4-12-22(18)19(23)20(2,3)26(24,25)17-9-7-16(21)8-10-17/h6-11,13H,4-5,12H2,1-3H3. The highest BCUT2D eigenvalue weighted by molar-refractivity contribution is 9.10. The molecule has 1 aliphatic rings. The number of anilines is 1. The molecule has 26 heavy (non-hydrogen) atoms. The predicted octanol–water partition coefficient (Wildman–Crippen LogP) is 4.29. The Balaban J connectivity index is 2.00. The Hall–Kier alpha value is -1.66. The number of halogens is 1. The van der Waals surface area contributed by atoms with Gasteiger partial charge >= 0.3 is 0 Å². The second kappa shape index (κ2) is 6.82. The van der Waals surface area contributed by atoms with Gasteiger partial charge in [0.25, 0.3) is 0 Å². The zero-order valence-electron chi connectivity index (χ0n) is 15.1. The Bertz CT molecular complexity index is 950. The molecule has 0 aromatic heterocycles. The normalized spacial score (nSPS) is 14.8. The maximum Gasteiger partial charge on any atom is 0.248 e. The number of benzene rings is 2. The molecule has 0 radical (unpaired) electrons. The summed E-state index contributed by atoms with van der Waals surface area (Å²) in [7, 11) is -3.83. The summed E-state index contributed by atoms with van der Waals surface area (Å²) in [5.41, 5.74) is 3.06. The number of rotatable bonds is 3. The van der Waals surface area contributed by atoms with Crippen LogP contribution in [0.25, 0.3) is 0 Å². The summed E-state index contributed by atoms with van der Waals surface area (Å²) in [5.74, 6) is -0.384. The lowest BCUT2D eigenvalue weighted by atomic mass is 9.98. The lowest BCUT2D eigenvalue weighted by Gasteiger charge is -2.35. The van der Waals surface area contributed by atoms with Gasteiger partial charge in [-0.05, 0) is 69.5 Å². The van der Waals surface area contributed by atoms with Gasteiger partial charge in [0.1, 0.15) is 4.75 Å². The van der Waals surface area contributed by atoms with E-state index in [-0.39, 0.29) is 10.8 Å². The zero-order chi connectivity index (χ0) is 19.1. The van der Waals surface area contributed by atoms with Gasteiger partial charge in [-0.15, -0.1) is 0 Å². The van der Waals surface area contributed by atoms with Crippen LogP contribution in [0.5, 0.6) is 0 Å². The molecule has 0 aliphatic carbocycles. The number of amides is 1. The van der Waals surface area contributed by atoms with E-state index < -0.39 is 14.6 Å². The number of sulfone groups is 1. The van der Waals surface area contributed by atoms with E-state index in [4.69, 9.17) is 0 Å². The molecule has 2 aromatic carbocycles. The van der Waals surface area contributed by atoms with Crippen LogP contribution in [0.4, 0.5) is 5.69 Å². The minimum absolute atomic E-state index is 0.153. The molecular formula is C20H22BrNO3S. The largest absolute Gasteiger partial charge is 0.311 e. The van der Waals surface area contributed by atoms with E-state index in [1.807, 2.05) is 19.1 Å². The highest BCUT2D eigenvalue weighted by atomic mass is 79.9. The van der Waals surface area contributed by atoms with Crippen molar-refractivity contribution >= 4 is 37.4 Å². The van der Waals surface area contributed by atoms with Crippen molar-refractivity contribution in [3.05, 3.63) is 58.1 Å². The molecule has 0 bridgehead atoms. The molecule has 6 heteroatoms. The zero-order valence-corrected chi connectivity index (χ0v) is 17.5. The van der Waals surface area contributed by atoms with Gasteiger partial charge in [-0.25, -0.2) is 8.42 Å². The lowest BCUT2D eigenvalue weighted by Crippen LogP contribution is -2.51. The first kappa shape index (κ1) is 19.1. The average Bonchev–Trinajstić information content (AvgIpc) is 2.60. The summed E-state index contributed by atoms with van der Waals surface area (Å²) >= 11 is 3.31. The first-order valence-corrected chi connectivity index (χ1v) is 10.8. The molecule has 0 fully saturated rings. The molecule has 3 rings (SSSR count). The smallest absolute Gasteiger partial charge is 0.248 e. The van der Waals surface area contributed by atoms with E-state index in [1.165, 1.54) is 26.0 Å². The van der Waals surface area contributed by atoms with Crippen LogP contribution < -0.4 is 4.90 Å². The molecule has 0 saturated carbocycles. The third-order valence-electron chi connectivity index (χ3n) is 4.91. The highest BCUT2D eigenvalue weighted by Crippen LogP contribution is 2.34. The molecule has 1 aliphatic heterocycles. The van der Waals surface area contributed by atoms with Gasteiger partial charge in [-0.3, -0.25) is 4.79 Å². The number of nitrogens with zero attached hydrogens (tertiary/aromatic N) is 1. The van der Waals surface area contributed by atoms with Gasteiger partial charge in [0.15, 0.2) is 9.84 Å². The molecule has 1 amide bonds. The van der Waals surface area contributed by atoms with Gasteiger partial charge in [-0.1, -0.05) is 33.6 Å². The fraction of sp³-hybridized carbons (Fsp3) is 0.350. The van der Waals surface area contributed by atoms with Crippen LogP contribution in [0, 0.1) is 6.92 Å². The van der Waals surface area contributed by atoms with Gasteiger partial charge in [0.05, 0.1) is 4.90 Å². The molecule has 0 N–H and O–H groups in total. The Morgan fingerprint density at radius 1 is 1.12 bits per heavy atom. The number of hydrogen-bond acceptors (Lipinski definition) is 3. The van der Waals surface area contributed by atoms with Gasteiger partial charge in [0, 0.05) is 16.7 Å². The number of carbonyl (C=O) groups excluding carboxylic acids is 1. The maximum absolute atomic E-state index is 13.3. The first-order valence-electron chi connectivity index (χ1n) is 8.56. The Morgan fingerprint density at radius 2 is 1.77 bits per heavy atom. The van der Waals surface area contributed by atoms with Crippen LogP contribution >= 0.6 is 15.9 Å². The average molecular weight is 436 g/mol. The summed E-state index contributed by atoms with van der Waals surface area (Å²) in [6.07, 6.45) is 1.73. The monoisotopic (exact) mass is 435 g/mol. The highest BCUT2D eigenvalue weighted by Gasteiger charge is 2.46. The molecule has 1 heterocycles. The molecule has 0 atom stereocenters. The first-order chi connectivity index (χ1) is 12.1. The van der Waals surface area contributed by atoms with Crippen LogP contribution in [-0.4, -0.2) is 25.6 Å². The summed E-state index contributed by atoms with van der Waals surface area (Å²) in [6, 6.07) is 12.4. The van der Waals surface area contributed by atoms with E-state index in [9.17, 15) is 13.2 Å². The number of carbonyl (C=O) groups is 1. The molecule has 4 nitrogen and oxygen atoms in total. The summed E-state index contributed by atoms with van der Waals surface area (Å²) in [6.45, 7) is 5.54. The van der Waals surface area contributed by atoms with Crippen molar-refractivity contribution in [1.29, 1.82) is 0 Å². The SMILES string of the molecule is Cc1ccc2c(c1)CCCN2C(=O)C(C)(C)S(=O)(=O)c1ccc(Br)cc1. The van der Waals surface area contributed by atoms with Gasteiger partial charge < -0.3 is 4.90 Å². The molecule has 2 aromatic rings. The fourth-order valence-corrected chi connectivity index (χ4v) is 4.97. The molecule has 138 valence electrons. The predicted molar refractivity (Wildman–Crippen MR) is 107 cm³/mol. The molecule has 0 unspecified atom stereocenters. The van der Waals surface area contributed by atoms with Crippen molar-refractivity contribution in [1.82, 2.24) is 0 Å². The van der Waals surface area contributed by atoms with E-state index in [0.29, 0.717) is 6.54 Å². The van der Waals surface area contributed by atoms with Crippen LogP contribution in [0.1, 0.15) is 31.4 Å². The van der Waals surface area contributed by atoms with Crippen LogP contribution in [-0.2, 0) is 21.1 Å². The fourth-order valence-electron chi connectivity index (χ4n) is 3.29. The number of aryl methyl sites for hydroxylation is 2. The van der Waals surface area contributed by atoms with Crippen LogP contribution in [0.3, 0.4) is 0 Å². The minimum Gasteiger partial charge on any atom is -0.311 e. The van der Waals surface area contributed by atoms with Gasteiger partial charge in [0.2, 0.25) is 5.91 Å². The van der Waals surface area contributed by atoms with E-state index >= 15 is 0 Å². The quantitative estimate of drug-likeness (QED) is 0.722. The molecule has 0 saturated heterocycles. The number of hydrogen-bond donors (Lipinski definition) is 0. The summed E-state index contributed by atoms with van der Waals surface area (Å²) in [5, 5.41) is 0. The Morgan fingerprint density at radius 3 is 2.42 bits per heavy atom. The van der Waals surface area contributed by atoms with Crippen LogP contribution in [0.15, 0.2) is 51.8 Å². The third kappa shape index (κ3) is 3.21. The minimum atomic E-state index is -3.83. The summed E-state index contributed by atoms with van der Waals surface area (Å²) < 4.78 is 25.5. The number of fused-ring (bicyclic) bond motifs is 1. The molecular weight excluding hydrogens is 414 g/mol. The van der Waals surface area contributed by atoms with Crippen molar-refractivity contribution in [3.8, 4) is 0 Å². The Labute approximate surface area is 163 Å². The topological polar surface area (TPSA) is 54.5 Å². The molecule has 0 spiro atoms. The second-order valence-corrected chi connectivity index (χ2v) is 10.6. The van der Waals surface area contributed by atoms with Crippen molar-refractivity contribution in [2.75, 3.05) is 11.4 Å². The van der Waals surface area contributed by atoms with E-state index in [2.05, 4.69) is 22.0 Å². The van der Waals surface area contributed by atoms with Crippen LogP contribution in [0.2, 0.25) is 0 Å².